The van der Waals surface area contributed by atoms with Crippen molar-refractivity contribution in [2.75, 3.05) is 12.8 Å². The first-order valence-corrected chi connectivity index (χ1v) is 8.21. The van der Waals surface area contributed by atoms with Crippen molar-refractivity contribution in [2.45, 2.75) is 17.8 Å². The molecule has 0 N–H and O–H groups in total. The number of carbonyl (C=O) groups excluding carboxylic acids is 1. The first-order valence-electron chi connectivity index (χ1n) is 5.46. The van der Waals surface area contributed by atoms with Gasteiger partial charge in [-0.3, -0.25) is 4.79 Å². The van der Waals surface area contributed by atoms with Crippen molar-refractivity contribution in [3.63, 3.8) is 0 Å². The predicted octanol–water partition coefficient (Wildman–Crippen LogP) is 3.26. The summed E-state index contributed by atoms with van der Waals surface area (Å²) in [6.45, 7) is 2.65. The molecule has 0 aliphatic carbocycles. The van der Waals surface area contributed by atoms with Gasteiger partial charge in [0.05, 0.1) is 12.3 Å². The summed E-state index contributed by atoms with van der Waals surface area (Å²) in [6, 6.07) is 4.05. The zero-order valence-corrected chi connectivity index (χ0v) is 12.7. The molecule has 0 unspecified atom stereocenters. The molecule has 0 fully saturated rings. The van der Waals surface area contributed by atoms with E-state index in [1.807, 2.05) is 36.9 Å². The summed E-state index contributed by atoms with van der Waals surface area (Å²) in [6.07, 6.45) is 0. The fourth-order valence-corrected chi connectivity index (χ4v) is 3.90. The molecule has 2 aromatic rings. The van der Waals surface area contributed by atoms with Crippen LogP contribution in [-0.2, 0) is 11.3 Å². The number of thiophene rings is 1. The molecule has 3 nitrogen and oxygen atoms in total. The number of aromatic nitrogens is 1. The molecule has 0 bridgehead atoms. The SMILES string of the molecule is Cc1csc(SCC(=O)N(C)Cc2cccs2)n1. The second kappa shape index (κ2) is 6.36. The maximum Gasteiger partial charge on any atom is 0.233 e. The van der Waals surface area contributed by atoms with Gasteiger partial charge in [0.25, 0.3) is 0 Å². The molecule has 1 amide bonds. The largest absolute Gasteiger partial charge is 0.340 e. The van der Waals surface area contributed by atoms with E-state index < -0.39 is 0 Å². The average Bonchev–Trinajstić information content (AvgIpc) is 2.97. The van der Waals surface area contributed by atoms with Crippen molar-refractivity contribution in [1.29, 1.82) is 0 Å². The van der Waals surface area contributed by atoms with Gasteiger partial charge in [-0.15, -0.1) is 22.7 Å². The van der Waals surface area contributed by atoms with Crippen molar-refractivity contribution in [2.24, 2.45) is 0 Å². The Labute approximate surface area is 119 Å². The number of aryl methyl sites for hydroxylation is 1. The molecule has 0 atom stereocenters. The first kappa shape index (κ1) is 13.6. The molecular formula is C12H14N2OS3. The topological polar surface area (TPSA) is 33.2 Å². The molecule has 2 heterocycles. The molecule has 2 aromatic heterocycles. The van der Waals surface area contributed by atoms with Crippen molar-refractivity contribution in [3.8, 4) is 0 Å². The minimum Gasteiger partial charge on any atom is -0.340 e. The highest BCUT2D eigenvalue weighted by molar-refractivity contribution is 8.01. The zero-order chi connectivity index (χ0) is 13.0. The van der Waals surface area contributed by atoms with E-state index >= 15 is 0 Å². The van der Waals surface area contributed by atoms with Crippen LogP contribution in [-0.4, -0.2) is 28.6 Å². The Kier molecular flexibility index (Phi) is 4.79. The quantitative estimate of drug-likeness (QED) is 0.794. The summed E-state index contributed by atoms with van der Waals surface area (Å²) in [5, 5.41) is 4.03. The van der Waals surface area contributed by atoms with E-state index in [4.69, 9.17) is 0 Å². The van der Waals surface area contributed by atoms with Gasteiger partial charge in [-0.1, -0.05) is 17.8 Å². The summed E-state index contributed by atoms with van der Waals surface area (Å²) >= 11 is 4.78. The third kappa shape index (κ3) is 3.83. The monoisotopic (exact) mass is 298 g/mol. The minimum absolute atomic E-state index is 0.140. The standard InChI is InChI=1S/C12H14N2OS3/c1-9-7-17-12(13-9)18-8-11(15)14(2)6-10-4-3-5-16-10/h3-5,7H,6,8H2,1-2H3. The number of thioether (sulfide) groups is 1. The van der Waals surface area contributed by atoms with Crippen LogP contribution in [0.15, 0.2) is 27.2 Å². The molecule has 0 spiro atoms. The molecule has 0 aromatic carbocycles. The number of hydrogen-bond acceptors (Lipinski definition) is 5. The number of hydrogen-bond donors (Lipinski definition) is 0. The van der Waals surface area contributed by atoms with Crippen molar-refractivity contribution in [3.05, 3.63) is 33.5 Å². The van der Waals surface area contributed by atoms with Crippen molar-refractivity contribution >= 4 is 40.3 Å². The lowest BCUT2D eigenvalue weighted by atomic mass is 10.4. The lowest BCUT2D eigenvalue weighted by Crippen LogP contribution is -2.27. The van der Waals surface area contributed by atoms with E-state index in [0.717, 1.165) is 10.0 Å². The summed E-state index contributed by atoms with van der Waals surface area (Å²) < 4.78 is 0.963. The fourth-order valence-electron chi connectivity index (χ4n) is 1.36. The summed E-state index contributed by atoms with van der Waals surface area (Å²) in [4.78, 5) is 19.2. The summed E-state index contributed by atoms with van der Waals surface area (Å²) in [5.41, 5.74) is 1.02. The van der Waals surface area contributed by atoms with E-state index in [1.165, 1.54) is 16.6 Å². The maximum atomic E-state index is 11.9. The third-order valence-corrected chi connectivity index (χ3v) is 5.30. The molecule has 6 heteroatoms. The second-order valence-corrected chi connectivity index (χ2v) is 6.99. The zero-order valence-electron chi connectivity index (χ0n) is 10.3. The Balaban J connectivity index is 1.80. The molecule has 0 radical (unpaired) electrons. The van der Waals surface area contributed by atoms with Crippen LogP contribution in [0.3, 0.4) is 0 Å². The first-order chi connectivity index (χ1) is 8.65. The number of thiazole rings is 1. The number of nitrogens with zero attached hydrogens (tertiary/aromatic N) is 2. The molecule has 0 aliphatic rings. The normalized spacial score (nSPS) is 10.6. The van der Waals surface area contributed by atoms with Crippen LogP contribution in [0.25, 0.3) is 0 Å². The van der Waals surface area contributed by atoms with Gasteiger partial charge in [-0.2, -0.15) is 0 Å². The highest BCUT2D eigenvalue weighted by Crippen LogP contribution is 2.22. The highest BCUT2D eigenvalue weighted by Gasteiger charge is 2.11. The maximum absolute atomic E-state index is 11.9. The Morgan fingerprint density at radius 3 is 2.94 bits per heavy atom. The van der Waals surface area contributed by atoms with Gasteiger partial charge in [0, 0.05) is 23.0 Å². The Morgan fingerprint density at radius 2 is 2.33 bits per heavy atom. The molecular weight excluding hydrogens is 284 g/mol. The van der Waals surface area contributed by atoms with E-state index in [2.05, 4.69) is 4.98 Å². The fraction of sp³-hybridized carbons (Fsp3) is 0.333. The van der Waals surface area contributed by atoms with Crippen LogP contribution in [0.4, 0.5) is 0 Å². The highest BCUT2D eigenvalue weighted by atomic mass is 32.2. The van der Waals surface area contributed by atoms with Crippen LogP contribution in [0.1, 0.15) is 10.6 Å². The third-order valence-electron chi connectivity index (χ3n) is 2.32. The van der Waals surface area contributed by atoms with Gasteiger partial charge in [0.2, 0.25) is 5.91 Å². The van der Waals surface area contributed by atoms with Crippen LogP contribution in [0.5, 0.6) is 0 Å². The van der Waals surface area contributed by atoms with Crippen molar-refractivity contribution in [1.82, 2.24) is 9.88 Å². The van der Waals surface area contributed by atoms with E-state index in [1.54, 1.807) is 27.6 Å². The van der Waals surface area contributed by atoms with Crippen LogP contribution in [0, 0.1) is 6.92 Å². The van der Waals surface area contributed by atoms with E-state index in [-0.39, 0.29) is 5.91 Å². The minimum atomic E-state index is 0.140. The van der Waals surface area contributed by atoms with Gasteiger partial charge in [0.1, 0.15) is 0 Å². The van der Waals surface area contributed by atoms with E-state index in [0.29, 0.717) is 12.3 Å². The van der Waals surface area contributed by atoms with Gasteiger partial charge < -0.3 is 4.90 Å². The lowest BCUT2D eigenvalue weighted by molar-refractivity contribution is -0.127. The second-order valence-electron chi connectivity index (χ2n) is 3.87. The average molecular weight is 298 g/mol. The molecule has 96 valence electrons. The van der Waals surface area contributed by atoms with Crippen LogP contribution < -0.4 is 0 Å². The lowest BCUT2D eigenvalue weighted by Gasteiger charge is -2.15. The van der Waals surface area contributed by atoms with Crippen molar-refractivity contribution < 1.29 is 4.79 Å². The Bertz CT molecular complexity index is 507. The van der Waals surface area contributed by atoms with Gasteiger partial charge in [-0.25, -0.2) is 4.98 Å². The molecule has 0 saturated heterocycles. The summed E-state index contributed by atoms with van der Waals surface area (Å²) in [7, 11) is 1.84. The Hall–Kier alpha value is -0.850. The van der Waals surface area contributed by atoms with E-state index in [9.17, 15) is 4.79 Å². The Morgan fingerprint density at radius 1 is 1.50 bits per heavy atom. The molecule has 0 saturated carbocycles. The number of amides is 1. The number of rotatable bonds is 5. The van der Waals surface area contributed by atoms with Gasteiger partial charge >= 0.3 is 0 Å². The van der Waals surface area contributed by atoms with Crippen LogP contribution >= 0.6 is 34.4 Å². The smallest absolute Gasteiger partial charge is 0.233 e. The van der Waals surface area contributed by atoms with Gasteiger partial charge in [0.15, 0.2) is 4.34 Å². The molecule has 2 rings (SSSR count). The molecule has 18 heavy (non-hydrogen) atoms. The number of carbonyl (C=O) groups is 1. The molecule has 0 aliphatic heterocycles. The van der Waals surface area contributed by atoms with Crippen LogP contribution in [0.2, 0.25) is 0 Å². The predicted molar refractivity (Wildman–Crippen MR) is 78.4 cm³/mol. The summed E-state index contributed by atoms with van der Waals surface area (Å²) in [5.74, 6) is 0.593. The van der Waals surface area contributed by atoms with Gasteiger partial charge in [-0.05, 0) is 18.4 Å².